The molecule has 86 valence electrons. The normalized spacial score (nSPS) is 10.1. The average Bonchev–Trinajstić information content (AvgIpc) is 2.34. The number of hydrogen-bond donors (Lipinski definition) is 1. The van der Waals surface area contributed by atoms with Crippen LogP contribution in [0.25, 0.3) is 0 Å². The minimum atomic E-state index is -0.582. The number of carbonyl (C=O) groups excluding carboxylic acids is 1. The van der Waals surface area contributed by atoms with E-state index in [0.29, 0.717) is 5.56 Å². The minimum absolute atomic E-state index is 0.0837. The molecule has 1 heterocycles. The fourth-order valence-corrected chi connectivity index (χ4v) is 1.44. The highest BCUT2D eigenvalue weighted by Gasteiger charge is 2.06. The first-order valence-electron chi connectivity index (χ1n) is 5.05. The number of aromatic amines is 1. The lowest BCUT2D eigenvalue weighted by atomic mass is 10.1. The number of benzene rings is 1. The van der Waals surface area contributed by atoms with Gasteiger partial charge in [0, 0.05) is 17.8 Å². The topological polar surface area (TPSA) is 71.9 Å². The smallest absolute Gasteiger partial charge is 0.293 e. The number of ketones is 1. The molecule has 2 rings (SSSR count). The van der Waals surface area contributed by atoms with E-state index in [4.69, 9.17) is 0 Å². The minimum Gasteiger partial charge on any atom is -0.293 e. The highest BCUT2D eigenvalue weighted by atomic mass is 16.2. The van der Waals surface area contributed by atoms with Crippen LogP contribution in [0, 0.1) is 0 Å². The van der Waals surface area contributed by atoms with Crippen molar-refractivity contribution in [1.82, 2.24) is 9.55 Å². The molecule has 0 aliphatic heterocycles. The third kappa shape index (κ3) is 2.57. The molecule has 0 radical (unpaired) electrons. The van der Waals surface area contributed by atoms with E-state index in [-0.39, 0.29) is 12.3 Å². The van der Waals surface area contributed by atoms with Crippen LogP contribution in [0.15, 0.2) is 52.2 Å². The Morgan fingerprint density at radius 3 is 2.47 bits per heavy atom. The van der Waals surface area contributed by atoms with Gasteiger partial charge in [0.1, 0.15) is 0 Å². The van der Waals surface area contributed by atoms with Gasteiger partial charge in [0.05, 0.1) is 6.54 Å². The molecule has 0 saturated heterocycles. The van der Waals surface area contributed by atoms with Gasteiger partial charge in [0.15, 0.2) is 5.78 Å². The van der Waals surface area contributed by atoms with Gasteiger partial charge < -0.3 is 0 Å². The first kappa shape index (κ1) is 11.1. The van der Waals surface area contributed by atoms with E-state index in [1.54, 1.807) is 24.3 Å². The molecule has 0 fully saturated rings. The summed E-state index contributed by atoms with van der Waals surface area (Å²) in [5.41, 5.74) is -0.522. The number of Topliss-reactive ketones (excluding diaryl/α,β-unsaturated/α-hetero) is 1. The van der Waals surface area contributed by atoms with Crippen LogP contribution in [0.3, 0.4) is 0 Å². The van der Waals surface area contributed by atoms with Crippen LogP contribution in [-0.4, -0.2) is 15.3 Å². The largest absolute Gasteiger partial charge is 0.328 e. The molecular formula is C12H10N2O3. The Labute approximate surface area is 96.4 Å². The van der Waals surface area contributed by atoms with Gasteiger partial charge in [-0.25, -0.2) is 4.79 Å². The van der Waals surface area contributed by atoms with E-state index < -0.39 is 11.2 Å². The molecule has 0 atom stereocenters. The van der Waals surface area contributed by atoms with Crippen molar-refractivity contribution in [1.29, 1.82) is 0 Å². The van der Waals surface area contributed by atoms with Crippen LogP contribution in [0.2, 0.25) is 0 Å². The van der Waals surface area contributed by atoms with Gasteiger partial charge in [-0.3, -0.25) is 19.1 Å². The van der Waals surface area contributed by atoms with E-state index in [0.717, 1.165) is 4.57 Å². The maximum absolute atomic E-state index is 11.8. The summed E-state index contributed by atoms with van der Waals surface area (Å²) in [4.78, 5) is 36.1. The van der Waals surface area contributed by atoms with Crippen LogP contribution >= 0.6 is 0 Å². The summed E-state index contributed by atoms with van der Waals surface area (Å²) in [5.74, 6) is -0.181. The Morgan fingerprint density at radius 1 is 1.12 bits per heavy atom. The summed E-state index contributed by atoms with van der Waals surface area (Å²) in [6.07, 6.45) is 1.31. The number of rotatable bonds is 3. The molecule has 17 heavy (non-hydrogen) atoms. The third-order valence-corrected chi connectivity index (χ3v) is 2.31. The first-order valence-corrected chi connectivity index (χ1v) is 5.05. The molecule has 0 unspecified atom stereocenters. The molecule has 2 aromatic rings. The predicted molar refractivity (Wildman–Crippen MR) is 62.1 cm³/mol. The van der Waals surface area contributed by atoms with Gasteiger partial charge in [-0.2, -0.15) is 0 Å². The molecule has 5 heteroatoms. The van der Waals surface area contributed by atoms with E-state index in [2.05, 4.69) is 4.98 Å². The van der Waals surface area contributed by atoms with Crippen molar-refractivity contribution in [3.8, 4) is 0 Å². The Balaban J connectivity index is 2.25. The van der Waals surface area contributed by atoms with Gasteiger partial charge in [-0.15, -0.1) is 0 Å². The summed E-state index contributed by atoms with van der Waals surface area (Å²) >= 11 is 0. The van der Waals surface area contributed by atoms with Crippen LogP contribution in [0.4, 0.5) is 0 Å². The molecule has 1 aromatic carbocycles. The number of nitrogens with zero attached hydrogens (tertiary/aromatic N) is 1. The highest BCUT2D eigenvalue weighted by Crippen LogP contribution is 2.00. The van der Waals surface area contributed by atoms with E-state index in [1.807, 2.05) is 6.07 Å². The van der Waals surface area contributed by atoms with E-state index in [1.165, 1.54) is 12.3 Å². The number of hydrogen-bond acceptors (Lipinski definition) is 3. The Morgan fingerprint density at radius 2 is 1.82 bits per heavy atom. The van der Waals surface area contributed by atoms with Crippen molar-refractivity contribution in [2.24, 2.45) is 0 Å². The number of H-pyrrole nitrogens is 1. The van der Waals surface area contributed by atoms with Gasteiger partial charge in [-0.05, 0) is 0 Å². The van der Waals surface area contributed by atoms with Crippen molar-refractivity contribution in [3.63, 3.8) is 0 Å². The molecular weight excluding hydrogens is 220 g/mol. The lowest BCUT2D eigenvalue weighted by molar-refractivity contribution is 0.0970. The Bertz CT molecular complexity index is 641. The molecule has 0 amide bonds. The zero-order chi connectivity index (χ0) is 12.3. The van der Waals surface area contributed by atoms with E-state index in [9.17, 15) is 14.4 Å². The van der Waals surface area contributed by atoms with Crippen LogP contribution in [-0.2, 0) is 6.54 Å². The van der Waals surface area contributed by atoms with Gasteiger partial charge in [0.2, 0.25) is 0 Å². The molecule has 0 bridgehead atoms. The highest BCUT2D eigenvalue weighted by molar-refractivity contribution is 5.95. The second-order valence-electron chi connectivity index (χ2n) is 3.53. The van der Waals surface area contributed by atoms with Crippen molar-refractivity contribution in [3.05, 3.63) is 69.0 Å². The second kappa shape index (κ2) is 4.61. The van der Waals surface area contributed by atoms with Crippen molar-refractivity contribution < 1.29 is 4.79 Å². The van der Waals surface area contributed by atoms with Gasteiger partial charge >= 0.3 is 5.69 Å². The fourth-order valence-electron chi connectivity index (χ4n) is 1.44. The van der Waals surface area contributed by atoms with Gasteiger partial charge in [0.25, 0.3) is 5.56 Å². The Kier molecular flexibility index (Phi) is 3.00. The monoisotopic (exact) mass is 230 g/mol. The molecule has 1 N–H and O–H groups in total. The lowest BCUT2D eigenvalue weighted by Crippen LogP contribution is -2.30. The molecule has 0 aliphatic rings. The maximum Gasteiger partial charge on any atom is 0.328 e. The van der Waals surface area contributed by atoms with Crippen molar-refractivity contribution >= 4 is 5.78 Å². The van der Waals surface area contributed by atoms with Gasteiger partial charge in [-0.1, -0.05) is 30.3 Å². The summed E-state index contributed by atoms with van der Waals surface area (Å²) < 4.78 is 1.16. The summed E-state index contributed by atoms with van der Waals surface area (Å²) in [6, 6.07) is 9.88. The van der Waals surface area contributed by atoms with E-state index >= 15 is 0 Å². The summed E-state index contributed by atoms with van der Waals surface area (Å²) in [6.45, 7) is -0.0837. The van der Waals surface area contributed by atoms with Crippen molar-refractivity contribution in [2.45, 2.75) is 6.54 Å². The molecule has 1 aromatic heterocycles. The second-order valence-corrected chi connectivity index (χ2v) is 3.53. The van der Waals surface area contributed by atoms with Crippen LogP contribution in [0.1, 0.15) is 10.4 Å². The number of aromatic nitrogens is 2. The number of carbonyl (C=O) groups is 1. The molecule has 0 aliphatic carbocycles. The molecule has 5 nitrogen and oxygen atoms in total. The number of nitrogens with one attached hydrogen (secondary N) is 1. The zero-order valence-electron chi connectivity index (χ0n) is 8.92. The fraction of sp³-hybridized carbons (Fsp3) is 0.0833. The van der Waals surface area contributed by atoms with Crippen molar-refractivity contribution in [2.75, 3.05) is 0 Å². The quantitative estimate of drug-likeness (QED) is 0.777. The van der Waals surface area contributed by atoms with Crippen LogP contribution in [0.5, 0.6) is 0 Å². The molecule has 0 spiro atoms. The summed E-state index contributed by atoms with van der Waals surface area (Å²) in [5, 5.41) is 0. The summed E-state index contributed by atoms with van der Waals surface area (Å²) in [7, 11) is 0. The standard InChI is InChI=1S/C12H10N2O3/c15-10(9-4-2-1-3-5-9)8-14-7-6-11(16)13-12(14)17/h1-7H,8H2,(H,13,16,17). The predicted octanol–water partition coefficient (Wildman–Crippen LogP) is 0.419. The SMILES string of the molecule is O=C(Cn1ccc(=O)[nH]c1=O)c1ccccc1. The maximum atomic E-state index is 11.8. The molecule has 0 saturated carbocycles. The average molecular weight is 230 g/mol. The Hall–Kier alpha value is -2.43. The van der Waals surface area contributed by atoms with Crippen LogP contribution < -0.4 is 11.2 Å². The first-order chi connectivity index (χ1) is 8.16. The zero-order valence-corrected chi connectivity index (χ0v) is 8.92. The third-order valence-electron chi connectivity index (χ3n) is 2.31. The lowest BCUT2D eigenvalue weighted by Gasteiger charge is -2.03.